The Morgan fingerprint density at radius 2 is 1.85 bits per heavy atom. The van der Waals surface area contributed by atoms with E-state index in [1.165, 1.54) is 5.56 Å². The zero-order valence-corrected chi connectivity index (χ0v) is 19.4. The van der Waals surface area contributed by atoms with Crippen molar-refractivity contribution in [1.82, 2.24) is 5.43 Å². The predicted molar refractivity (Wildman–Crippen MR) is 135 cm³/mol. The van der Waals surface area contributed by atoms with E-state index in [1.807, 2.05) is 86.6 Å². The minimum atomic E-state index is -0.167. The number of hydrazone groups is 1. The van der Waals surface area contributed by atoms with Crippen molar-refractivity contribution >= 4 is 34.5 Å². The minimum absolute atomic E-state index is 0.167. The van der Waals surface area contributed by atoms with Crippen LogP contribution in [0, 0.1) is 13.8 Å². The fourth-order valence-electron chi connectivity index (χ4n) is 3.75. The first-order valence-electron chi connectivity index (χ1n) is 10.8. The Bertz CT molecular complexity index is 1330. The number of nitrogens with zero attached hydrogens (tertiary/aromatic N) is 1. The van der Waals surface area contributed by atoms with Crippen LogP contribution in [-0.4, -0.2) is 12.1 Å². The van der Waals surface area contributed by atoms with Gasteiger partial charge in [-0.2, -0.15) is 5.10 Å². The molecule has 1 N–H and O–H groups in total. The number of ether oxygens (including phenoxy) is 1. The van der Waals surface area contributed by atoms with Gasteiger partial charge >= 0.3 is 0 Å². The molecule has 0 bridgehead atoms. The van der Waals surface area contributed by atoms with Gasteiger partial charge < -0.3 is 4.74 Å². The number of benzene rings is 4. The number of halogens is 1. The number of hydrogen-bond acceptors (Lipinski definition) is 3. The highest BCUT2D eigenvalue weighted by atomic mass is 35.5. The van der Waals surface area contributed by atoms with Crippen LogP contribution in [0.3, 0.4) is 0 Å². The molecule has 1 amide bonds. The van der Waals surface area contributed by atoms with Gasteiger partial charge in [0.1, 0.15) is 12.4 Å². The third kappa shape index (κ3) is 5.79. The normalized spacial score (nSPS) is 11.1. The second kappa shape index (κ2) is 10.3. The van der Waals surface area contributed by atoms with Crippen LogP contribution in [0.1, 0.15) is 27.8 Å². The molecule has 5 heteroatoms. The van der Waals surface area contributed by atoms with Crippen molar-refractivity contribution in [1.29, 1.82) is 0 Å². The monoisotopic (exact) mass is 456 g/mol. The Hall–Kier alpha value is -3.63. The highest BCUT2D eigenvalue weighted by Crippen LogP contribution is 2.27. The molecule has 0 saturated carbocycles. The van der Waals surface area contributed by atoms with Gasteiger partial charge in [0.25, 0.3) is 0 Å². The molecule has 0 saturated heterocycles. The Morgan fingerprint density at radius 1 is 1.00 bits per heavy atom. The van der Waals surface area contributed by atoms with Gasteiger partial charge in [-0.15, -0.1) is 0 Å². The second-order valence-corrected chi connectivity index (χ2v) is 8.45. The standard InChI is InChI=1S/C28H25ClN2O2/c1-19-10-11-23(20(2)14-19)16-28(32)31-30-17-26-25-9-4-3-7-22(25)12-13-27(26)33-18-21-6-5-8-24(29)15-21/h3-15,17H,16,18H2,1-2H3,(H,31,32)/b30-17-. The molecule has 33 heavy (non-hydrogen) atoms. The van der Waals surface area contributed by atoms with E-state index in [2.05, 4.69) is 16.6 Å². The molecule has 4 aromatic carbocycles. The first kappa shape index (κ1) is 22.6. The average molecular weight is 457 g/mol. The number of rotatable bonds is 7. The molecule has 0 unspecified atom stereocenters. The topological polar surface area (TPSA) is 50.7 Å². The van der Waals surface area contributed by atoms with Gasteiger partial charge in [0, 0.05) is 10.6 Å². The molecule has 166 valence electrons. The van der Waals surface area contributed by atoms with Gasteiger partial charge in [0.2, 0.25) is 5.91 Å². The van der Waals surface area contributed by atoms with E-state index in [0.717, 1.165) is 33.0 Å². The second-order valence-electron chi connectivity index (χ2n) is 8.02. The van der Waals surface area contributed by atoms with E-state index in [4.69, 9.17) is 16.3 Å². The molecule has 0 fully saturated rings. The Labute approximate surface area is 198 Å². The Morgan fingerprint density at radius 3 is 2.67 bits per heavy atom. The molecule has 4 aromatic rings. The number of nitrogens with one attached hydrogen (secondary N) is 1. The Balaban J connectivity index is 1.52. The molecule has 4 nitrogen and oxygen atoms in total. The number of aryl methyl sites for hydroxylation is 2. The largest absolute Gasteiger partial charge is 0.488 e. The fourth-order valence-corrected chi connectivity index (χ4v) is 3.96. The highest BCUT2D eigenvalue weighted by Gasteiger charge is 2.09. The molecular formula is C28H25ClN2O2. The molecule has 0 aliphatic heterocycles. The van der Waals surface area contributed by atoms with Gasteiger partial charge in [-0.25, -0.2) is 5.43 Å². The zero-order chi connectivity index (χ0) is 23.2. The highest BCUT2D eigenvalue weighted by molar-refractivity contribution is 6.30. The lowest BCUT2D eigenvalue weighted by Crippen LogP contribution is -2.20. The summed E-state index contributed by atoms with van der Waals surface area (Å²) in [5.74, 6) is 0.515. The summed E-state index contributed by atoms with van der Waals surface area (Å²) in [6.07, 6.45) is 1.92. The van der Waals surface area contributed by atoms with E-state index in [0.29, 0.717) is 17.4 Å². The van der Waals surface area contributed by atoms with Crippen molar-refractivity contribution in [2.45, 2.75) is 26.9 Å². The first-order chi connectivity index (χ1) is 16.0. The maximum absolute atomic E-state index is 12.5. The van der Waals surface area contributed by atoms with Crippen LogP contribution in [0.15, 0.2) is 84.0 Å². The quantitative estimate of drug-likeness (QED) is 0.259. The minimum Gasteiger partial charge on any atom is -0.488 e. The van der Waals surface area contributed by atoms with E-state index >= 15 is 0 Å². The molecule has 0 aliphatic carbocycles. The Kier molecular flexibility index (Phi) is 7.06. The fraction of sp³-hybridized carbons (Fsp3) is 0.143. The summed E-state index contributed by atoms with van der Waals surface area (Å²) in [6.45, 7) is 4.43. The van der Waals surface area contributed by atoms with Crippen molar-refractivity contribution < 1.29 is 9.53 Å². The van der Waals surface area contributed by atoms with Crippen molar-refractivity contribution in [2.75, 3.05) is 0 Å². The summed E-state index contributed by atoms with van der Waals surface area (Å²) >= 11 is 6.09. The van der Waals surface area contributed by atoms with E-state index in [-0.39, 0.29) is 12.3 Å². The average Bonchev–Trinajstić information content (AvgIpc) is 2.80. The van der Waals surface area contributed by atoms with Gasteiger partial charge in [-0.05, 0) is 59.5 Å². The van der Waals surface area contributed by atoms with Crippen LogP contribution in [0.4, 0.5) is 0 Å². The molecule has 0 aliphatic rings. The molecule has 0 atom stereocenters. The van der Waals surface area contributed by atoms with E-state index in [1.54, 1.807) is 6.21 Å². The summed E-state index contributed by atoms with van der Waals surface area (Å²) in [5, 5.41) is 6.97. The van der Waals surface area contributed by atoms with Gasteiger partial charge in [0.05, 0.1) is 12.6 Å². The molecule has 0 radical (unpaired) electrons. The third-order valence-electron chi connectivity index (χ3n) is 5.45. The number of amides is 1. The zero-order valence-electron chi connectivity index (χ0n) is 18.6. The van der Waals surface area contributed by atoms with Crippen LogP contribution in [-0.2, 0) is 17.8 Å². The molecule has 4 rings (SSSR count). The number of carbonyl (C=O) groups is 1. The van der Waals surface area contributed by atoms with E-state index in [9.17, 15) is 4.79 Å². The summed E-state index contributed by atoms with van der Waals surface area (Å²) < 4.78 is 6.10. The van der Waals surface area contributed by atoms with Crippen LogP contribution in [0.2, 0.25) is 5.02 Å². The van der Waals surface area contributed by atoms with Gasteiger partial charge in [0.15, 0.2) is 0 Å². The summed E-state index contributed by atoms with van der Waals surface area (Å²) in [4.78, 5) is 12.5. The lowest BCUT2D eigenvalue weighted by atomic mass is 10.0. The van der Waals surface area contributed by atoms with Crippen molar-refractivity contribution in [3.05, 3.63) is 112 Å². The summed E-state index contributed by atoms with van der Waals surface area (Å²) in [6, 6.07) is 25.6. The van der Waals surface area contributed by atoms with Crippen molar-refractivity contribution in [3.8, 4) is 5.75 Å². The van der Waals surface area contributed by atoms with Gasteiger partial charge in [-0.1, -0.05) is 77.8 Å². The van der Waals surface area contributed by atoms with Gasteiger partial charge in [-0.3, -0.25) is 4.79 Å². The molecule has 0 spiro atoms. The van der Waals surface area contributed by atoms with Crippen molar-refractivity contribution in [3.63, 3.8) is 0 Å². The number of fused-ring (bicyclic) bond motifs is 1. The summed E-state index contributed by atoms with van der Waals surface area (Å²) in [7, 11) is 0. The maximum Gasteiger partial charge on any atom is 0.244 e. The summed E-state index contributed by atoms with van der Waals surface area (Å²) in [5.41, 5.74) is 7.70. The van der Waals surface area contributed by atoms with Crippen LogP contribution < -0.4 is 10.2 Å². The molecule has 0 aromatic heterocycles. The number of carbonyl (C=O) groups excluding carboxylic acids is 1. The lowest BCUT2D eigenvalue weighted by molar-refractivity contribution is -0.120. The van der Waals surface area contributed by atoms with Crippen LogP contribution in [0.25, 0.3) is 10.8 Å². The molecular weight excluding hydrogens is 432 g/mol. The van der Waals surface area contributed by atoms with E-state index < -0.39 is 0 Å². The smallest absolute Gasteiger partial charge is 0.244 e. The number of hydrogen-bond donors (Lipinski definition) is 1. The SMILES string of the molecule is Cc1ccc(CC(=O)N/N=C\c2c(OCc3cccc(Cl)c3)ccc3ccccc23)c(C)c1. The van der Waals surface area contributed by atoms with Crippen molar-refractivity contribution in [2.24, 2.45) is 5.10 Å². The first-order valence-corrected chi connectivity index (χ1v) is 11.1. The lowest BCUT2D eigenvalue weighted by Gasteiger charge is -2.12. The van der Waals surface area contributed by atoms with Crippen LogP contribution in [0.5, 0.6) is 5.75 Å². The third-order valence-corrected chi connectivity index (χ3v) is 5.68. The predicted octanol–water partition coefficient (Wildman–Crippen LogP) is 6.38. The molecule has 0 heterocycles. The van der Waals surface area contributed by atoms with Crippen LogP contribution >= 0.6 is 11.6 Å². The maximum atomic E-state index is 12.5.